The summed E-state index contributed by atoms with van der Waals surface area (Å²) in [6, 6.07) is 0. The third-order valence-corrected chi connectivity index (χ3v) is 3.19. The zero-order valence-electron chi connectivity index (χ0n) is 8.81. The van der Waals surface area contributed by atoms with Gasteiger partial charge < -0.3 is 4.74 Å². The number of methoxy groups -OCH3 is 1. The molecule has 0 aliphatic heterocycles. The molecule has 0 atom stereocenters. The summed E-state index contributed by atoms with van der Waals surface area (Å²) in [5.41, 5.74) is 0. The van der Waals surface area contributed by atoms with E-state index in [1.165, 1.54) is 18.4 Å². The molecule has 1 aromatic rings. The van der Waals surface area contributed by atoms with Crippen LogP contribution in [0.1, 0.15) is 13.8 Å². The summed E-state index contributed by atoms with van der Waals surface area (Å²) >= 11 is 2.99. The van der Waals surface area contributed by atoms with E-state index in [2.05, 4.69) is 34.1 Å². The van der Waals surface area contributed by atoms with Crippen LogP contribution < -0.4 is 5.32 Å². The fourth-order valence-electron chi connectivity index (χ4n) is 0.796. The van der Waals surface area contributed by atoms with Gasteiger partial charge in [0.2, 0.25) is 5.13 Å². The maximum Gasteiger partial charge on any atom is 0.252 e. The molecule has 1 heterocycles. The van der Waals surface area contributed by atoms with E-state index < -0.39 is 0 Å². The van der Waals surface area contributed by atoms with Crippen molar-refractivity contribution in [2.45, 2.75) is 23.4 Å². The minimum Gasteiger partial charge on any atom is -0.375 e. The molecule has 1 amide bonds. The van der Waals surface area contributed by atoms with Crippen molar-refractivity contribution in [3.63, 3.8) is 0 Å². The highest BCUT2D eigenvalue weighted by molar-refractivity contribution is 8.01. The van der Waals surface area contributed by atoms with Gasteiger partial charge in [0.25, 0.3) is 5.91 Å². The normalized spacial score (nSPS) is 10.7. The van der Waals surface area contributed by atoms with E-state index in [1.54, 1.807) is 11.8 Å². The molecule has 84 valence electrons. The van der Waals surface area contributed by atoms with E-state index in [1.807, 2.05) is 0 Å². The van der Waals surface area contributed by atoms with Gasteiger partial charge in [-0.2, -0.15) is 0 Å². The molecule has 0 fully saturated rings. The molecule has 0 aliphatic rings. The quantitative estimate of drug-likeness (QED) is 0.633. The number of amides is 1. The fraction of sp³-hybridized carbons (Fsp3) is 0.625. The number of nitrogens with one attached hydrogen (secondary N) is 1. The third-order valence-electron chi connectivity index (χ3n) is 1.26. The molecule has 0 spiro atoms. The Bertz CT molecular complexity index is 327. The number of rotatable bonds is 5. The Balaban J connectivity index is 2.49. The first kappa shape index (κ1) is 12.4. The lowest BCUT2D eigenvalue weighted by atomic mass is 10.6. The number of thioether (sulfide) groups is 1. The second-order valence-corrected chi connectivity index (χ2v) is 5.82. The number of anilines is 1. The average Bonchev–Trinajstić information content (AvgIpc) is 2.51. The molecule has 1 N–H and O–H groups in total. The van der Waals surface area contributed by atoms with E-state index in [-0.39, 0.29) is 12.5 Å². The first-order valence-corrected chi connectivity index (χ1v) is 6.10. The monoisotopic (exact) mass is 247 g/mol. The van der Waals surface area contributed by atoms with Crippen LogP contribution in [-0.2, 0) is 9.53 Å². The molecule has 5 nitrogen and oxygen atoms in total. The van der Waals surface area contributed by atoms with Crippen LogP contribution in [0, 0.1) is 0 Å². The van der Waals surface area contributed by atoms with Crippen molar-refractivity contribution in [2.75, 3.05) is 19.0 Å². The van der Waals surface area contributed by atoms with Gasteiger partial charge in [0.05, 0.1) is 0 Å². The van der Waals surface area contributed by atoms with E-state index in [0.717, 1.165) is 4.34 Å². The highest BCUT2D eigenvalue weighted by atomic mass is 32.2. The highest BCUT2D eigenvalue weighted by Gasteiger charge is 2.09. The number of carbonyl (C=O) groups is 1. The Labute approximate surface area is 96.6 Å². The summed E-state index contributed by atoms with van der Waals surface area (Å²) in [6.07, 6.45) is 0. The minimum absolute atomic E-state index is 0.0340. The summed E-state index contributed by atoms with van der Waals surface area (Å²) < 4.78 is 5.55. The zero-order chi connectivity index (χ0) is 11.3. The first-order chi connectivity index (χ1) is 7.11. The lowest BCUT2D eigenvalue weighted by Crippen LogP contribution is -2.16. The molecule has 1 aromatic heterocycles. The van der Waals surface area contributed by atoms with Gasteiger partial charge in [-0.1, -0.05) is 36.9 Å². The van der Waals surface area contributed by atoms with Gasteiger partial charge in [-0.3, -0.25) is 10.1 Å². The summed E-state index contributed by atoms with van der Waals surface area (Å²) in [4.78, 5) is 11.1. The van der Waals surface area contributed by atoms with Crippen molar-refractivity contribution in [3.05, 3.63) is 0 Å². The van der Waals surface area contributed by atoms with Crippen molar-refractivity contribution in [3.8, 4) is 0 Å². The van der Waals surface area contributed by atoms with Crippen LogP contribution in [0.5, 0.6) is 0 Å². The Morgan fingerprint density at radius 1 is 1.60 bits per heavy atom. The smallest absolute Gasteiger partial charge is 0.252 e. The van der Waals surface area contributed by atoms with Gasteiger partial charge in [-0.15, -0.1) is 10.2 Å². The molecule has 0 radical (unpaired) electrons. The van der Waals surface area contributed by atoms with Gasteiger partial charge in [-0.05, 0) is 0 Å². The Kier molecular flexibility index (Phi) is 5.00. The zero-order valence-corrected chi connectivity index (χ0v) is 10.4. The van der Waals surface area contributed by atoms with Crippen LogP contribution in [0.25, 0.3) is 0 Å². The molecule has 7 heteroatoms. The van der Waals surface area contributed by atoms with Gasteiger partial charge in [0, 0.05) is 12.4 Å². The number of hydrogen-bond acceptors (Lipinski definition) is 6. The van der Waals surface area contributed by atoms with Crippen LogP contribution >= 0.6 is 23.1 Å². The molecule has 1 rings (SSSR count). The Morgan fingerprint density at radius 3 is 2.93 bits per heavy atom. The number of hydrogen-bond donors (Lipinski definition) is 1. The molecule has 0 saturated heterocycles. The van der Waals surface area contributed by atoms with Gasteiger partial charge in [-0.25, -0.2) is 0 Å². The Hall–Kier alpha value is -0.660. The van der Waals surface area contributed by atoms with Crippen molar-refractivity contribution in [1.29, 1.82) is 0 Å². The van der Waals surface area contributed by atoms with E-state index in [9.17, 15) is 4.79 Å². The molecule has 0 aromatic carbocycles. The van der Waals surface area contributed by atoms with Gasteiger partial charge in [0.15, 0.2) is 4.34 Å². The van der Waals surface area contributed by atoms with Crippen molar-refractivity contribution < 1.29 is 9.53 Å². The number of aromatic nitrogens is 2. The van der Waals surface area contributed by atoms with Crippen molar-refractivity contribution >= 4 is 34.1 Å². The highest BCUT2D eigenvalue weighted by Crippen LogP contribution is 2.28. The summed E-state index contributed by atoms with van der Waals surface area (Å²) in [5, 5.41) is 11.4. The maximum absolute atomic E-state index is 11.1. The standard InChI is InChI=1S/C8H13N3O2S2/c1-5(2)14-8-11-10-7(15-8)9-6(12)4-13-3/h5H,4H2,1-3H3,(H,9,10,12). The number of carbonyl (C=O) groups excluding carboxylic acids is 1. The number of nitrogens with zero attached hydrogens (tertiary/aromatic N) is 2. The average molecular weight is 247 g/mol. The van der Waals surface area contributed by atoms with E-state index >= 15 is 0 Å². The van der Waals surface area contributed by atoms with Crippen LogP contribution in [0.4, 0.5) is 5.13 Å². The second kappa shape index (κ2) is 6.04. The van der Waals surface area contributed by atoms with Crippen LogP contribution in [-0.4, -0.2) is 35.1 Å². The van der Waals surface area contributed by atoms with Gasteiger partial charge >= 0.3 is 0 Å². The first-order valence-electron chi connectivity index (χ1n) is 4.40. The van der Waals surface area contributed by atoms with Crippen molar-refractivity contribution in [1.82, 2.24) is 10.2 Å². The molecule has 0 saturated carbocycles. The second-order valence-electron chi connectivity index (χ2n) is 3.02. The largest absolute Gasteiger partial charge is 0.375 e. The maximum atomic E-state index is 11.1. The van der Waals surface area contributed by atoms with E-state index in [4.69, 9.17) is 0 Å². The molecule has 0 bridgehead atoms. The summed E-state index contributed by atoms with van der Waals surface area (Å²) in [5.74, 6) is -0.213. The van der Waals surface area contributed by atoms with Crippen LogP contribution in [0.15, 0.2) is 4.34 Å². The molecule has 0 aliphatic carbocycles. The van der Waals surface area contributed by atoms with E-state index in [0.29, 0.717) is 10.4 Å². The minimum atomic E-state index is -0.213. The number of ether oxygens (including phenoxy) is 1. The summed E-state index contributed by atoms with van der Waals surface area (Å²) in [6.45, 7) is 4.19. The van der Waals surface area contributed by atoms with Crippen LogP contribution in [0.2, 0.25) is 0 Å². The SMILES string of the molecule is COCC(=O)Nc1nnc(SC(C)C)s1. The fourth-order valence-corrected chi connectivity index (χ4v) is 2.79. The van der Waals surface area contributed by atoms with Gasteiger partial charge in [0.1, 0.15) is 6.61 Å². The van der Waals surface area contributed by atoms with Crippen molar-refractivity contribution in [2.24, 2.45) is 0 Å². The Morgan fingerprint density at radius 2 is 2.33 bits per heavy atom. The molecular formula is C8H13N3O2S2. The summed E-state index contributed by atoms with van der Waals surface area (Å²) in [7, 11) is 1.47. The predicted molar refractivity (Wildman–Crippen MR) is 61.4 cm³/mol. The lowest BCUT2D eigenvalue weighted by Gasteiger charge is -1.98. The predicted octanol–water partition coefficient (Wildman–Crippen LogP) is 1.62. The third kappa shape index (κ3) is 4.59. The molecule has 0 unspecified atom stereocenters. The topological polar surface area (TPSA) is 64.1 Å². The van der Waals surface area contributed by atoms with Crippen LogP contribution in [0.3, 0.4) is 0 Å². The lowest BCUT2D eigenvalue weighted by molar-refractivity contribution is -0.119. The molecular weight excluding hydrogens is 234 g/mol. The molecule has 15 heavy (non-hydrogen) atoms.